The number of Topliss-reactive ketones (excluding diaryl/α,β-unsaturated/α-hetero) is 1. The first-order chi connectivity index (χ1) is 12.6. The lowest BCUT2D eigenvalue weighted by Gasteiger charge is -2.35. The third-order valence-corrected chi connectivity index (χ3v) is 4.22. The molecule has 1 aromatic rings. The van der Waals surface area contributed by atoms with Crippen LogP contribution in [0.1, 0.15) is 30.6 Å². The van der Waals surface area contributed by atoms with Gasteiger partial charge in [-0.05, 0) is 38.1 Å². The van der Waals surface area contributed by atoms with E-state index in [9.17, 15) is 19.5 Å². The van der Waals surface area contributed by atoms with Gasteiger partial charge in [0.2, 0.25) is 5.78 Å². The number of benzene rings is 1. The maximum atomic E-state index is 12.6. The third kappa shape index (κ3) is 3.95. The van der Waals surface area contributed by atoms with Gasteiger partial charge in [-0.2, -0.15) is 0 Å². The molecule has 1 spiro atoms. The van der Waals surface area contributed by atoms with E-state index < -0.39 is 35.5 Å². The second kappa shape index (κ2) is 6.91. The summed E-state index contributed by atoms with van der Waals surface area (Å²) in [5.41, 5.74) is 0.247. The number of hydrogen-bond donors (Lipinski definition) is 1. The molecule has 9 heteroatoms. The van der Waals surface area contributed by atoms with Crippen molar-refractivity contribution in [2.45, 2.75) is 37.9 Å². The lowest BCUT2D eigenvalue weighted by Crippen LogP contribution is -2.54. The number of amides is 2. The molecule has 0 radical (unpaired) electrons. The van der Waals surface area contributed by atoms with Gasteiger partial charge >= 0.3 is 6.09 Å². The molecule has 2 unspecified atom stereocenters. The molecule has 0 aromatic heterocycles. The van der Waals surface area contributed by atoms with E-state index in [1.54, 1.807) is 12.1 Å². The Morgan fingerprint density at radius 2 is 1.96 bits per heavy atom. The highest BCUT2D eigenvalue weighted by atomic mass is 16.7. The van der Waals surface area contributed by atoms with Crippen molar-refractivity contribution in [3.05, 3.63) is 29.8 Å². The van der Waals surface area contributed by atoms with E-state index in [-0.39, 0.29) is 25.1 Å². The Morgan fingerprint density at radius 3 is 2.52 bits per heavy atom. The van der Waals surface area contributed by atoms with Crippen LogP contribution in [0.2, 0.25) is 0 Å². The van der Waals surface area contributed by atoms with Crippen molar-refractivity contribution >= 4 is 17.8 Å². The minimum atomic E-state index is -1.83. The highest BCUT2D eigenvalue weighted by Crippen LogP contribution is 2.33. The fraction of sp³-hybridized carbons (Fsp3) is 0.500. The Hall–Kier alpha value is -2.49. The molecule has 1 aromatic carbocycles. The Labute approximate surface area is 155 Å². The van der Waals surface area contributed by atoms with E-state index >= 15 is 0 Å². The summed E-state index contributed by atoms with van der Waals surface area (Å²) in [6, 6.07) is 6.20. The van der Waals surface area contributed by atoms with E-state index in [2.05, 4.69) is 0 Å². The van der Waals surface area contributed by atoms with Crippen molar-refractivity contribution in [3.8, 4) is 5.75 Å². The van der Waals surface area contributed by atoms with E-state index in [4.69, 9.17) is 18.9 Å². The van der Waals surface area contributed by atoms with E-state index in [0.29, 0.717) is 5.75 Å². The minimum Gasteiger partial charge on any atom is -0.497 e. The molecule has 9 nitrogen and oxygen atoms in total. The average molecular weight is 379 g/mol. The van der Waals surface area contributed by atoms with Gasteiger partial charge in [0.25, 0.3) is 11.7 Å². The lowest BCUT2D eigenvalue weighted by molar-refractivity contribution is -0.258. The third-order valence-electron chi connectivity index (χ3n) is 4.22. The number of carbonyl (C=O) groups is 3. The molecule has 2 atom stereocenters. The zero-order chi connectivity index (χ0) is 19.8. The van der Waals surface area contributed by atoms with E-state index in [1.807, 2.05) is 0 Å². The summed E-state index contributed by atoms with van der Waals surface area (Å²) < 4.78 is 21.0. The van der Waals surface area contributed by atoms with Crippen LogP contribution in [0.15, 0.2) is 24.3 Å². The molecule has 2 aliphatic rings. The van der Waals surface area contributed by atoms with Crippen LogP contribution in [0.5, 0.6) is 5.75 Å². The fourth-order valence-electron chi connectivity index (χ4n) is 2.98. The number of hydrogen-bond acceptors (Lipinski definition) is 8. The smallest absolute Gasteiger partial charge is 0.420 e. The fourth-order valence-corrected chi connectivity index (χ4v) is 2.98. The number of rotatable bonds is 4. The first-order valence-corrected chi connectivity index (χ1v) is 8.40. The summed E-state index contributed by atoms with van der Waals surface area (Å²) in [6.45, 7) is 2.47. The molecule has 146 valence electrons. The van der Waals surface area contributed by atoms with Crippen molar-refractivity contribution in [3.63, 3.8) is 0 Å². The molecule has 0 aliphatic carbocycles. The maximum Gasteiger partial charge on any atom is 0.420 e. The summed E-state index contributed by atoms with van der Waals surface area (Å²) in [5.74, 6) is -3.83. The number of ether oxygens (including phenoxy) is 4. The van der Waals surface area contributed by atoms with Crippen LogP contribution < -0.4 is 4.74 Å². The van der Waals surface area contributed by atoms with Crippen LogP contribution in [-0.2, 0) is 19.0 Å². The molecule has 2 heterocycles. The molecule has 3 rings (SSSR count). The average Bonchev–Trinajstić information content (AvgIpc) is 2.94. The van der Waals surface area contributed by atoms with E-state index in [0.717, 1.165) is 4.90 Å². The van der Waals surface area contributed by atoms with Crippen molar-refractivity contribution in [1.29, 1.82) is 0 Å². The first kappa shape index (κ1) is 19.3. The number of carbonyl (C=O) groups excluding carboxylic acids is 3. The standard InChI is InChI=1S/C18H21NO8/c1-17(2,23)26-13-8-14(20)18(25-9-13)10-19(16(22)27-18)15(21)11-4-6-12(24-3)7-5-11/h4-7,13,23H,8-10H2,1-3H3. The second-order valence-electron chi connectivity index (χ2n) is 6.87. The molecule has 1 N–H and O–H groups in total. The minimum absolute atomic E-state index is 0.0619. The van der Waals surface area contributed by atoms with Crippen LogP contribution in [0.4, 0.5) is 4.79 Å². The predicted octanol–water partition coefficient (Wildman–Crippen LogP) is 1.09. The Balaban J connectivity index is 1.71. The second-order valence-corrected chi connectivity index (χ2v) is 6.87. The van der Waals surface area contributed by atoms with Crippen LogP contribution in [0.3, 0.4) is 0 Å². The number of methoxy groups -OCH3 is 1. The zero-order valence-corrected chi connectivity index (χ0v) is 15.3. The Morgan fingerprint density at radius 1 is 1.30 bits per heavy atom. The van der Waals surface area contributed by atoms with Crippen molar-refractivity contribution < 1.29 is 38.4 Å². The van der Waals surface area contributed by atoms with Gasteiger partial charge in [0.05, 0.1) is 19.8 Å². The van der Waals surface area contributed by atoms with Crippen LogP contribution in [-0.4, -0.2) is 65.7 Å². The molecule has 0 bridgehead atoms. The summed E-state index contributed by atoms with van der Waals surface area (Å²) in [7, 11) is 1.50. The van der Waals surface area contributed by atoms with Gasteiger partial charge in [-0.1, -0.05) is 0 Å². The van der Waals surface area contributed by atoms with Crippen LogP contribution >= 0.6 is 0 Å². The van der Waals surface area contributed by atoms with Gasteiger partial charge in [-0.15, -0.1) is 0 Å². The van der Waals surface area contributed by atoms with Gasteiger partial charge in [-0.3, -0.25) is 9.59 Å². The molecule has 0 saturated carbocycles. The summed E-state index contributed by atoms with van der Waals surface area (Å²) in [6.07, 6.45) is -1.74. The summed E-state index contributed by atoms with van der Waals surface area (Å²) in [5, 5.41) is 9.70. The van der Waals surface area contributed by atoms with Crippen LogP contribution in [0, 0.1) is 0 Å². The van der Waals surface area contributed by atoms with Crippen molar-refractivity contribution in [2.75, 3.05) is 20.3 Å². The van der Waals surface area contributed by atoms with Crippen molar-refractivity contribution in [1.82, 2.24) is 4.90 Å². The predicted molar refractivity (Wildman–Crippen MR) is 90.0 cm³/mol. The molecule has 2 amide bonds. The number of aliphatic hydroxyl groups is 1. The molecule has 27 heavy (non-hydrogen) atoms. The number of ketones is 1. The maximum absolute atomic E-state index is 12.6. The van der Waals surface area contributed by atoms with Gasteiger partial charge in [0, 0.05) is 12.0 Å². The molecular formula is C18H21NO8. The monoisotopic (exact) mass is 379 g/mol. The van der Waals surface area contributed by atoms with E-state index in [1.165, 1.54) is 33.1 Å². The van der Waals surface area contributed by atoms with Gasteiger partial charge < -0.3 is 24.1 Å². The number of nitrogens with zero attached hydrogens (tertiary/aromatic N) is 1. The van der Waals surface area contributed by atoms with Gasteiger partial charge in [0.1, 0.15) is 12.3 Å². The Bertz CT molecular complexity index is 754. The normalized spacial score (nSPS) is 25.6. The largest absolute Gasteiger partial charge is 0.497 e. The van der Waals surface area contributed by atoms with Crippen LogP contribution in [0.25, 0.3) is 0 Å². The SMILES string of the molecule is COc1ccc(C(=O)N2CC3(OCC(OC(C)(C)O)CC3=O)OC2=O)cc1. The van der Waals surface area contributed by atoms with Crippen molar-refractivity contribution in [2.24, 2.45) is 0 Å². The van der Waals surface area contributed by atoms with Gasteiger partial charge in [-0.25, -0.2) is 9.69 Å². The molecule has 2 aliphatic heterocycles. The Kier molecular flexibility index (Phi) is 4.94. The molecule has 2 saturated heterocycles. The quantitative estimate of drug-likeness (QED) is 0.774. The molecular weight excluding hydrogens is 358 g/mol. The number of imide groups is 1. The summed E-state index contributed by atoms with van der Waals surface area (Å²) >= 11 is 0. The van der Waals surface area contributed by atoms with Gasteiger partial charge in [0.15, 0.2) is 5.79 Å². The highest BCUT2D eigenvalue weighted by Gasteiger charge is 2.57. The highest BCUT2D eigenvalue weighted by molar-refractivity contribution is 6.05. The first-order valence-electron chi connectivity index (χ1n) is 8.40. The lowest BCUT2D eigenvalue weighted by atomic mass is 10.0. The topological polar surface area (TPSA) is 112 Å². The zero-order valence-electron chi connectivity index (χ0n) is 15.3. The summed E-state index contributed by atoms with van der Waals surface area (Å²) in [4.78, 5) is 38.2. The molecule has 2 fully saturated rings.